The molecule has 3 aromatic rings. The number of rotatable bonds is 5. The van der Waals surface area contributed by atoms with Gasteiger partial charge in [0, 0.05) is 23.9 Å². The number of nitrogens with one attached hydrogen (secondary N) is 2. The number of carbonyl (C=O) groups is 2. The van der Waals surface area contributed by atoms with Gasteiger partial charge in [0.1, 0.15) is 6.54 Å². The zero-order chi connectivity index (χ0) is 18.5. The lowest BCUT2D eigenvalue weighted by Crippen LogP contribution is -2.25. The van der Waals surface area contributed by atoms with Crippen LogP contribution in [0.4, 0.5) is 11.4 Å². The third kappa shape index (κ3) is 4.04. The first-order valence-corrected chi connectivity index (χ1v) is 7.82. The largest absolute Gasteiger partial charge is 0.442 e. The van der Waals surface area contributed by atoms with E-state index in [2.05, 4.69) is 15.8 Å². The molecule has 0 atom stereocenters. The highest BCUT2D eigenvalue weighted by Crippen LogP contribution is 2.17. The van der Waals surface area contributed by atoms with Crippen LogP contribution in [0.1, 0.15) is 6.92 Å². The second-order valence-electron chi connectivity index (χ2n) is 5.53. The summed E-state index contributed by atoms with van der Waals surface area (Å²) in [6.07, 6.45) is 0. The van der Waals surface area contributed by atoms with Gasteiger partial charge in [-0.2, -0.15) is 0 Å². The number of benzene rings is 2. The van der Waals surface area contributed by atoms with Crippen molar-refractivity contribution >= 4 is 23.2 Å². The quantitative estimate of drug-likeness (QED) is 0.731. The molecular weight excluding hydrogens is 336 g/mol. The number of amides is 2. The van der Waals surface area contributed by atoms with Crippen molar-refractivity contribution in [1.29, 1.82) is 0 Å². The van der Waals surface area contributed by atoms with E-state index in [0.717, 1.165) is 4.57 Å². The van der Waals surface area contributed by atoms with Gasteiger partial charge in [-0.25, -0.2) is 9.36 Å². The summed E-state index contributed by atoms with van der Waals surface area (Å²) in [6.45, 7) is 1.14. The minimum atomic E-state index is -0.717. The van der Waals surface area contributed by atoms with E-state index in [-0.39, 0.29) is 18.3 Å². The Kier molecular flexibility index (Phi) is 4.93. The predicted octanol–water partition coefficient (Wildman–Crippen LogP) is 2.10. The molecule has 8 heteroatoms. The lowest BCUT2D eigenvalue weighted by atomic mass is 10.2. The Morgan fingerprint density at radius 1 is 1.04 bits per heavy atom. The maximum absolute atomic E-state index is 12.3. The van der Waals surface area contributed by atoms with Gasteiger partial charge >= 0.3 is 5.76 Å². The Morgan fingerprint density at radius 2 is 1.73 bits per heavy atom. The van der Waals surface area contributed by atoms with Crippen molar-refractivity contribution in [1.82, 2.24) is 9.72 Å². The van der Waals surface area contributed by atoms with E-state index >= 15 is 0 Å². The fourth-order valence-corrected chi connectivity index (χ4v) is 2.42. The molecule has 2 N–H and O–H groups in total. The van der Waals surface area contributed by atoms with Gasteiger partial charge in [0.25, 0.3) is 0 Å². The number of aromatic nitrogens is 2. The fraction of sp³-hybridized carbons (Fsp3) is 0.111. The molecule has 26 heavy (non-hydrogen) atoms. The van der Waals surface area contributed by atoms with Crippen molar-refractivity contribution < 1.29 is 14.1 Å². The molecule has 0 aliphatic rings. The van der Waals surface area contributed by atoms with Gasteiger partial charge in [-0.1, -0.05) is 41.6 Å². The Hall–Kier alpha value is -3.68. The van der Waals surface area contributed by atoms with Crippen LogP contribution in [0.25, 0.3) is 11.4 Å². The monoisotopic (exact) mass is 352 g/mol. The first-order chi connectivity index (χ1) is 12.5. The van der Waals surface area contributed by atoms with E-state index in [4.69, 9.17) is 4.52 Å². The van der Waals surface area contributed by atoms with Gasteiger partial charge in [-0.05, 0) is 18.2 Å². The molecule has 0 bridgehead atoms. The normalized spacial score (nSPS) is 10.3. The summed E-state index contributed by atoms with van der Waals surface area (Å²) in [4.78, 5) is 35.3. The average Bonchev–Trinajstić information content (AvgIpc) is 2.96. The Bertz CT molecular complexity index is 992. The van der Waals surface area contributed by atoms with Gasteiger partial charge in [-0.3, -0.25) is 14.1 Å². The van der Waals surface area contributed by atoms with Crippen LogP contribution in [-0.4, -0.2) is 21.5 Å². The van der Waals surface area contributed by atoms with E-state index in [1.165, 1.54) is 6.92 Å². The number of hydrogen-bond donors (Lipinski definition) is 2. The molecule has 0 saturated heterocycles. The molecule has 0 radical (unpaired) electrons. The van der Waals surface area contributed by atoms with Crippen LogP contribution in [0, 0.1) is 0 Å². The molecule has 1 heterocycles. The molecule has 0 spiro atoms. The van der Waals surface area contributed by atoms with Crippen molar-refractivity contribution in [3.8, 4) is 11.4 Å². The molecule has 0 saturated carbocycles. The summed E-state index contributed by atoms with van der Waals surface area (Å²) in [5.74, 6) is -1.08. The first kappa shape index (κ1) is 17.2. The van der Waals surface area contributed by atoms with E-state index < -0.39 is 11.7 Å². The maximum atomic E-state index is 12.3. The molecule has 132 valence electrons. The molecule has 3 rings (SSSR count). The van der Waals surface area contributed by atoms with E-state index in [1.54, 1.807) is 48.5 Å². The van der Waals surface area contributed by atoms with Gasteiger partial charge in [0.15, 0.2) is 5.82 Å². The van der Waals surface area contributed by atoms with Crippen molar-refractivity contribution in [2.75, 3.05) is 10.6 Å². The van der Waals surface area contributed by atoms with Gasteiger partial charge < -0.3 is 10.6 Å². The Morgan fingerprint density at radius 3 is 2.42 bits per heavy atom. The van der Waals surface area contributed by atoms with Crippen molar-refractivity contribution in [2.24, 2.45) is 0 Å². The summed E-state index contributed by atoms with van der Waals surface area (Å²) in [5, 5.41) is 9.05. The number of hydrogen-bond acceptors (Lipinski definition) is 5. The van der Waals surface area contributed by atoms with Crippen LogP contribution in [0.5, 0.6) is 0 Å². The molecule has 0 fully saturated rings. The number of anilines is 2. The highest BCUT2D eigenvalue weighted by Gasteiger charge is 2.15. The van der Waals surface area contributed by atoms with Crippen LogP contribution in [-0.2, 0) is 16.1 Å². The van der Waals surface area contributed by atoms with Crippen LogP contribution in [0.2, 0.25) is 0 Å². The molecular formula is C18H16N4O4. The molecule has 0 aliphatic carbocycles. The zero-order valence-corrected chi connectivity index (χ0v) is 13.9. The van der Waals surface area contributed by atoms with Crippen LogP contribution < -0.4 is 16.4 Å². The second-order valence-corrected chi connectivity index (χ2v) is 5.53. The molecule has 2 aromatic carbocycles. The van der Waals surface area contributed by atoms with E-state index in [9.17, 15) is 14.4 Å². The van der Waals surface area contributed by atoms with Gasteiger partial charge in [0.2, 0.25) is 11.8 Å². The maximum Gasteiger partial charge on any atom is 0.442 e. The van der Waals surface area contributed by atoms with Gasteiger partial charge in [-0.15, -0.1) is 0 Å². The van der Waals surface area contributed by atoms with Crippen LogP contribution in [0.15, 0.2) is 63.9 Å². The first-order valence-electron chi connectivity index (χ1n) is 7.82. The summed E-state index contributed by atoms with van der Waals surface area (Å²) in [6, 6.07) is 15.7. The fourth-order valence-electron chi connectivity index (χ4n) is 2.42. The second kappa shape index (κ2) is 7.47. The summed E-state index contributed by atoms with van der Waals surface area (Å²) >= 11 is 0. The highest BCUT2D eigenvalue weighted by molar-refractivity contribution is 5.93. The predicted molar refractivity (Wildman–Crippen MR) is 95.6 cm³/mol. The number of nitrogens with zero attached hydrogens (tertiary/aromatic N) is 2. The molecule has 0 unspecified atom stereocenters. The van der Waals surface area contributed by atoms with Crippen molar-refractivity contribution in [3.63, 3.8) is 0 Å². The molecule has 2 amide bonds. The lowest BCUT2D eigenvalue weighted by Gasteiger charge is -2.08. The standard InChI is InChI=1S/C18H16N4O4/c1-12(23)19-14-8-5-9-15(10-14)20-16(24)11-22-17(21-26-18(22)25)13-6-3-2-4-7-13/h2-10H,11H2,1H3,(H,19,23)(H,20,24). The van der Waals surface area contributed by atoms with Gasteiger partial charge in [0.05, 0.1) is 0 Å². The van der Waals surface area contributed by atoms with E-state index in [0.29, 0.717) is 16.9 Å². The van der Waals surface area contributed by atoms with Crippen LogP contribution >= 0.6 is 0 Å². The molecule has 1 aromatic heterocycles. The SMILES string of the molecule is CC(=O)Nc1cccc(NC(=O)Cn2c(-c3ccccc3)noc2=O)c1. The highest BCUT2D eigenvalue weighted by atomic mass is 16.5. The molecule has 0 aliphatic heterocycles. The molecule has 8 nitrogen and oxygen atoms in total. The average molecular weight is 352 g/mol. The Labute approximate surface area is 148 Å². The summed E-state index contributed by atoms with van der Waals surface area (Å²) in [5.41, 5.74) is 1.72. The van der Waals surface area contributed by atoms with Crippen molar-refractivity contribution in [3.05, 3.63) is 65.1 Å². The topological polar surface area (TPSA) is 106 Å². The van der Waals surface area contributed by atoms with E-state index in [1.807, 2.05) is 6.07 Å². The van der Waals surface area contributed by atoms with Crippen molar-refractivity contribution in [2.45, 2.75) is 13.5 Å². The van der Waals surface area contributed by atoms with Crippen LogP contribution in [0.3, 0.4) is 0 Å². The minimum Gasteiger partial charge on any atom is -0.326 e. The summed E-state index contributed by atoms with van der Waals surface area (Å²) in [7, 11) is 0. The number of carbonyl (C=O) groups excluding carboxylic acids is 2. The third-order valence-corrected chi connectivity index (χ3v) is 3.49. The lowest BCUT2D eigenvalue weighted by molar-refractivity contribution is -0.117. The third-order valence-electron chi connectivity index (χ3n) is 3.49. The zero-order valence-electron chi connectivity index (χ0n) is 13.9. The minimum absolute atomic E-state index is 0.211. The Balaban J connectivity index is 1.76. The smallest absolute Gasteiger partial charge is 0.326 e. The summed E-state index contributed by atoms with van der Waals surface area (Å²) < 4.78 is 5.85.